The van der Waals surface area contributed by atoms with Crippen molar-refractivity contribution in [2.75, 3.05) is 112 Å². The number of benzene rings is 7. The van der Waals surface area contributed by atoms with E-state index in [9.17, 15) is 65.3 Å². The van der Waals surface area contributed by atoms with E-state index in [1.165, 1.54) is 42.5 Å². The van der Waals surface area contributed by atoms with Crippen molar-refractivity contribution < 1.29 is 66.8 Å². The molecule has 8 N–H and O–H groups in total. The number of halogens is 3. The summed E-state index contributed by atoms with van der Waals surface area (Å²) in [7, 11) is 4.54. The van der Waals surface area contributed by atoms with E-state index in [0.29, 0.717) is 81.7 Å². The van der Waals surface area contributed by atoms with E-state index in [1.807, 2.05) is 115 Å². The van der Waals surface area contributed by atoms with Gasteiger partial charge in [0.1, 0.15) is 44.8 Å². The van der Waals surface area contributed by atoms with Gasteiger partial charge in [0.05, 0.1) is 72.3 Å². The molecule has 0 saturated carbocycles. The molecule has 7 aromatic heterocycles. The van der Waals surface area contributed by atoms with E-state index in [-0.39, 0.29) is 96.8 Å². The number of nitrogens with zero attached hydrogens (tertiary/aromatic N) is 4. The minimum absolute atomic E-state index is 0. The molecule has 14 aromatic rings. The Morgan fingerprint density at radius 1 is 0.415 bits per heavy atom. The molecule has 4 radical (unpaired) electrons. The van der Waals surface area contributed by atoms with Crippen LogP contribution in [0.2, 0.25) is 13.1 Å². The lowest BCUT2D eigenvalue weighted by molar-refractivity contribution is -0.0499. The zero-order valence-electron chi connectivity index (χ0n) is 74.2. The summed E-state index contributed by atoms with van der Waals surface area (Å²) in [5.41, 5.74) is -0.963. The molecule has 19 rings (SSSR count). The Hall–Kier alpha value is -13.6. The van der Waals surface area contributed by atoms with Crippen LogP contribution in [0.4, 0.5) is 41.6 Å². The minimum Gasteiger partial charge on any atom is -0.507 e. The highest BCUT2D eigenvalue weighted by molar-refractivity contribution is 7.88. The Labute approximate surface area is 829 Å². The van der Waals surface area contributed by atoms with E-state index >= 15 is 0 Å². The van der Waals surface area contributed by atoms with Crippen molar-refractivity contribution in [1.29, 1.82) is 0 Å². The number of hydrogen-bond acceptors (Lipinski definition) is 29. The lowest BCUT2D eigenvalue weighted by Gasteiger charge is -2.33. The first-order valence-electron chi connectivity index (χ1n) is 44.6. The zero-order valence-corrected chi connectivity index (χ0v) is 75.1. The smallest absolute Gasteiger partial charge is 0.507 e. The number of nitrogens with one attached hydrogen (secondary N) is 6. The highest BCUT2D eigenvalue weighted by Crippen LogP contribution is 2.34. The summed E-state index contributed by atoms with van der Waals surface area (Å²) in [6.45, 7) is 14.2. The number of alkyl halides is 3. The molecular weight excluding hydrogens is 1840 g/mol. The van der Waals surface area contributed by atoms with Crippen molar-refractivity contribution in [3.8, 4) is 35.6 Å². The lowest BCUT2D eigenvalue weighted by Crippen LogP contribution is -2.45. The number of rotatable bonds is 18. The third-order valence-electron chi connectivity index (χ3n) is 23.3. The van der Waals surface area contributed by atoms with Gasteiger partial charge >= 0.3 is 62.1 Å². The number of aromatic hydroxyl groups is 1. The van der Waals surface area contributed by atoms with Gasteiger partial charge in [-0.15, -0.1) is 12.3 Å². The van der Waals surface area contributed by atoms with Crippen LogP contribution < -0.4 is 75.5 Å². The van der Waals surface area contributed by atoms with Crippen LogP contribution in [-0.4, -0.2) is 182 Å². The van der Waals surface area contributed by atoms with E-state index in [0.717, 1.165) is 217 Å². The molecule has 0 amide bonds. The molecule has 7 aromatic carbocycles. The maximum Gasteiger partial charge on any atom is 0.534 e. The van der Waals surface area contributed by atoms with Gasteiger partial charge in [-0.3, -0.25) is 9.80 Å². The zero-order chi connectivity index (χ0) is 95.4. The summed E-state index contributed by atoms with van der Waals surface area (Å²) in [5.74, 6) is 7.25. The van der Waals surface area contributed by atoms with Crippen molar-refractivity contribution in [3.63, 3.8) is 0 Å². The first kappa shape index (κ1) is 117. The number of anilines is 5. The normalized spacial score (nSPS) is 14.8. The molecule has 5 aliphatic heterocycles. The second kappa shape index (κ2) is 56.8. The Balaban J connectivity index is 0.000000253. The summed E-state index contributed by atoms with van der Waals surface area (Å²) in [6, 6.07) is 61.4. The minimum atomic E-state index is -5.84. The van der Waals surface area contributed by atoms with Crippen LogP contribution in [0.5, 0.6) is 11.5 Å². The molecule has 754 valence electrons. The highest BCUT2D eigenvalue weighted by atomic mass is 32.2. The fourth-order valence-electron chi connectivity index (χ4n) is 16.4. The average molecular weight is 1970 g/mol. The molecule has 0 spiro atoms. The van der Waals surface area contributed by atoms with Gasteiger partial charge in [-0.2, -0.15) is 27.4 Å². The van der Waals surface area contributed by atoms with Gasteiger partial charge in [0, 0.05) is 127 Å². The Bertz CT molecular complexity index is 7050. The maximum atomic E-state index is 12.2. The molecule has 5 saturated heterocycles. The molecule has 12 heterocycles. The second-order valence-electron chi connectivity index (χ2n) is 32.8. The summed E-state index contributed by atoms with van der Waals surface area (Å²) in [4.78, 5) is 89.1. The first-order valence-corrected chi connectivity index (χ1v) is 46.0. The van der Waals surface area contributed by atoms with Crippen molar-refractivity contribution >= 4 is 138 Å². The standard InChI is InChI=1S/C17H21BN2O2.C17H17BN2O2.C17H18N2O2.C15H19BN2O3.C14H16N2O2.C10H5F3O5S.C9H6O3.7CH4/c2*18-8-3-9-20-10-6-13(7-11-20)19-15-12-17(21)22-16-5-2-1-4-14(15)16;1-2-9-19-10-7-13(8-11-19)18-15-12-17(20)21-16-6-4-3-5-14(15)16;1-16(20)18-8-6-11(7-9-18)17-13-10-15(19)21-14-5-3-2-4-12(13)14;17-14-9-12(16-10-5-7-15-8-6-10)11-3-1-2-4-13(11)18-14;11-10(12,13)19(15,16)18-8-5-9(14)17-7-4-2-1-3-6(7)8;10-7-5-9(11)12-8-4-2-1-3-6(7)8;;;;;;;/h1-2,4-5,12-13,19H,3,6-11H2;1-2,4-5,12-13,19H,6-7,9-11H2;1,3-6,12-13,18H,7-11H2;2-5,10-11,17,20H,6-9H2,1H3;1-4,9-10,15-16H,5-8H2;1-5H;1-5,10H;7*1H4. The van der Waals surface area contributed by atoms with Crippen LogP contribution in [0, 0.1) is 24.1 Å². The predicted molar refractivity (Wildman–Crippen MR) is 570 cm³/mol. The van der Waals surface area contributed by atoms with E-state index in [4.69, 9.17) is 53.0 Å². The predicted octanol–water partition coefficient (Wildman–Crippen LogP) is 18.5. The SMILES string of the molecule is C.C.C.C.C.C.C.C#CCN1CCC(Nc2cc(=O)oc3ccccc23)CC1.CB(O)N1CCC(Nc2cc(=O)oc3ccccc23)CC1.O=c1cc(NC2CCNCC2)c2ccccc2o1.O=c1cc(O)c2ccccc2o1.O=c1cc(OS(=O)(=O)C(F)(F)F)c2ccccc2o1.[B]C#CCN1CCC(Nc2cc(=O)oc3ccccc23)CC1.[B]CCCN1CCC(Nc2cc(=O)oc3ccccc23)CC1. The molecule has 142 heavy (non-hydrogen) atoms. The highest BCUT2D eigenvalue weighted by Gasteiger charge is 2.49. The molecule has 0 atom stereocenters. The topological polar surface area (TPSA) is 380 Å². The Morgan fingerprint density at radius 3 is 0.993 bits per heavy atom. The quantitative estimate of drug-likeness (QED) is 0.0130. The van der Waals surface area contributed by atoms with Crippen molar-refractivity contribution in [3.05, 3.63) is 285 Å². The van der Waals surface area contributed by atoms with Crippen LogP contribution in [0.3, 0.4) is 0 Å². The van der Waals surface area contributed by atoms with Crippen LogP contribution >= 0.6 is 0 Å². The van der Waals surface area contributed by atoms with Crippen LogP contribution in [-0.2, 0) is 10.1 Å². The third-order valence-corrected chi connectivity index (χ3v) is 24.3. The number of fused-ring (bicyclic) bond motifs is 7. The van der Waals surface area contributed by atoms with Gasteiger partial charge in [0.15, 0.2) is 13.6 Å². The Morgan fingerprint density at radius 2 is 0.683 bits per heavy atom. The van der Waals surface area contributed by atoms with Crippen LogP contribution in [0.25, 0.3) is 76.8 Å². The number of terminal acetylenes is 1. The fourth-order valence-corrected chi connectivity index (χ4v) is 16.9. The molecule has 5 fully saturated rings. The van der Waals surface area contributed by atoms with Crippen molar-refractivity contribution in [2.45, 2.75) is 171 Å². The number of likely N-dealkylation sites (tertiary alicyclic amines) is 3. The summed E-state index contributed by atoms with van der Waals surface area (Å²) >= 11 is 0. The molecular formula is C106H130B3F3N10O19S. The molecule has 29 nitrogen and oxygen atoms in total. The summed E-state index contributed by atoms with van der Waals surface area (Å²) in [5, 5.41) is 44.9. The Kier molecular flexibility index (Phi) is 46.8. The molecule has 5 aliphatic rings. The van der Waals surface area contributed by atoms with Crippen molar-refractivity contribution in [1.82, 2.24) is 24.8 Å². The van der Waals surface area contributed by atoms with Gasteiger partial charge in [0.25, 0.3) is 0 Å². The molecule has 36 heteroatoms. The average Bonchev–Trinajstić information content (AvgIpc) is 0.790. The van der Waals surface area contributed by atoms with E-state index in [1.54, 1.807) is 49.3 Å². The summed E-state index contributed by atoms with van der Waals surface area (Å²) in [6.07, 6.45) is 17.4. The maximum absolute atomic E-state index is 12.2. The number of hydrogen-bond donors (Lipinski definition) is 8. The number of piperidine rings is 5. The lowest BCUT2D eigenvalue weighted by atomic mass is 9.82. The molecule has 0 unspecified atom stereocenters. The largest absolute Gasteiger partial charge is 0.534 e. The third kappa shape index (κ3) is 33.3. The van der Waals surface area contributed by atoms with Crippen LogP contribution in [0.15, 0.2) is 277 Å². The first-order chi connectivity index (χ1) is 65.2. The molecule has 0 bridgehead atoms. The second-order valence-corrected chi connectivity index (χ2v) is 34.3. The van der Waals surface area contributed by atoms with E-state index < -0.39 is 39.7 Å². The summed E-state index contributed by atoms with van der Waals surface area (Å²) < 4.78 is 97.9. The van der Waals surface area contributed by atoms with E-state index in [2.05, 4.69) is 73.3 Å². The van der Waals surface area contributed by atoms with Crippen molar-refractivity contribution in [2.24, 2.45) is 0 Å². The van der Waals surface area contributed by atoms with Gasteiger partial charge < -0.3 is 86.8 Å². The van der Waals surface area contributed by atoms with Gasteiger partial charge in [-0.1, -0.05) is 149 Å². The monoisotopic (exact) mass is 1970 g/mol. The van der Waals surface area contributed by atoms with Gasteiger partial charge in [0.2, 0.25) is 0 Å². The molecule has 0 aliphatic carbocycles. The van der Waals surface area contributed by atoms with Gasteiger partial charge in [-0.25, -0.2) is 33.6 Å². The van der Waals surface area contributed by atoms with Crippen LogP contribution in [0.1, 0.15) is 123 Å². The number of para-hydroxylation sites is 7. The van der Waals surface area contributed by atoms with Gasteiger partial charge in [-0.05, 0) is 195 Å². The fraction of sp³-hybridized carbons (Fsp3) is 0.368.